The Balaban J connectivity index is 1.68. The van der Waals surface area contributed by atoms with Crippen molar-refractivity contribution in [3.63, 3.8) is 0 Å². The van der Waals surface area contributed by atoms with E-state index in [0.717, 1.165) is 35.1 Å². The molecule has 0 radical (unpaired) electrons. The van der Waals surface area contributed by atoms with Crippen molar-refractivity contribution in [2.75, 3.05) is 26.7 Å². The molecule has 2 fully saturated rings. The molecule has 2 N–H and O–H groups in total. The number of likely N-dealkylation sites (tertiary alicyclic amines) is 1. The normalized spacial score (nSPS) is 28.5. The zero-order valence-corrected chi connectivity index (χ0v) is 16.9. The molecule has 0 bridgehead atoms. The highest BCUT2D eigenvalue weighted by molar-refractivity contribution is 6.01. The monoisotopic (exact) mass is 397 g/mol. The minimum atomic E-state index is -1.07. The summed E-state index contributed by atoms with van der Waals surface area (Å²) in [5.41, 5.74) is 1.32. The van der Waals surface area contributed by atoms with Crippen molar-refractivity contribution in [3.8, 4) is 0 Å². The summed E-state index contributed by atoms with van der Waals surface area (Å²) in [5.74, 6) is -0.882. The third-order valence-electron chi connectivity index (χ3n) is 6.34. The van der Waals surface area contributed by atoms with Gasteiger partial charge in [0.05, 0.1) is 11.4 Å². The van der Waals surface area contributed by atoms with Crippen molar-refractivity contribution in [1.29, 1.82) is 0 Å². The fourth-order valence-corrected chi connectivity index (χ4v) is 4.47. The van der Waals surface area contributed by atoms with Crippen LogP contribution < -0.4 is 5.32 Å². The summed E-state index contributed by atoms with van der Waals surface area (Å²) in [5, 5.41) is 14.8. The first kappa shape index (κ1) is 19.9. The number of aromatic nitrogens is 1. The third kappa shape index (κ3) is 3.66. The molecule has 0 spiro atoms. The van der Waals surface area contributed by atoms with Gasteiger partial charge in [0.2, 0.25) is 11.8 Å². The summed E-state index contributed by atoms with van der Waals surface area (Å²) < 4.78 is 5.66. The number of benzene rings is 1. The average molecular weight is 397 g/mol. The predicted octanol–water partition coefficient (Wildman–Crippen LogP) is 1.68. The van der Waals surface area contributed by atoms with Gasteiger partial charge in [0.25, 0.3) is 0 Å². The smallest absolute Gasteiger partial charge is 0.234 e. The molecule has 2 amide bonds. The molecule has 2 aliphatic rings. The summed E-state index contributed by atoms with van der Waals surface area (Å²) in [6.45, 7) is 4.51. The van der Waals surface area contributed by atoms with Crippen LogP contribution in [0.15, 0.2) is 30.5 Å². The maximum Gasteiger partial charge on any atom is 0.234 e. The zero-order valence-electron chi connectivity index (χ0n) is 16.9. The first-order valence-electron chi connectivity index (χ1n) is 10.2. The number of nitrogens with one attached hydrogen (secondary N) is 1. The van der Waals surface area contributed by atoms with Crippen molar-refractivity contribution >= 4 is 22.7 Å². The molecular weight excluding hydrogens is 370 g/mol. The predicted molar refractivity (Wildman–Crippen MR) is 108 cm³/mol. The largest absolute Gasteiger partial charge is 0.382 e. The molecule has 0 saturated carbocycles. The molecule has 0 aliphatic carbocycles. The molecule has 4 rings (SSSR count). The molecular formula is C22H27N3O4. The van der Waals surface area contributed by atoms with E-state index in [-0.39, 0.29) is 23.8 Å². The Labute approximate surface area is 170 Å². The van der Waals surface area contributed by atoms with Crippen LogP contribution in [0.5, 0.6) is 0 Å². The maximum atomic E-state index is 12.2. The zero-order chi connectivity index (χ0) is 20.6. The van der Waals surface area contributed by atoms with Gasteiger partial charge in [-0.15, -0.1) is 0 Å². The number of rotatable bonds is 4. The fourth-order valence-electron chi connectivity index (χ4n) is 4.47. The lowest BCUT2D eigenvalue weighted by Crippen LogP contribution is -2.54. The number of ether oxygens (including phenoxy) is 1. The number of fused-ring (bicyclic) bond motifs is 1. The molecule has 7 heteroatoms. The van der Waals surface area contributed by atoms with Crippen LogP contribution in [0.25, 0.3) is 10.9 Å². The van der Waals surface area contributed by atoms with E-state index in [9.17, 15) is 14.7 Å². The number of likely N-dealkylation sites (N-methyl/N-ethyl adjacent to an activating group) is 1. The molecule has 29 heavy (non-hydrogen) atoms. The van der Waals surface area contributed by atoms with Crippen molar-refractivity contribution in [3.05, 3.63) is 41.6 Å². The van der Waals surface area contributed by atoms with Gasteiger partial charge in [-0.25, -0.2) is 0 Å². The van der Waals surface area contributed by atoms with Crippen LogP contribution in [-0.4, -0.2) is 59.7 Å². The summed E-state index contributed by atoms with van der Waals surface area (Å²) in [4.78, 5) is 30.4. The number of carbonyl (C=O) groups excluding carboxylic acids is 2. The lowest BCUT2D eigenvalue weighted by Gasteiger charge is -2.44. The second-order valence-electron chi connectivity index (χ2n) is 7.97. The topological polar surface area (TPSA) is 91.8 Å². The Morgan fingerprint density at radius 1 is 1.34 bits per heavy atom. The molecule has 3 atom stereocenters. The molecule has 3 heterocycles. The SMILES string of the molecule is CCN1CCC(O)(c2ccc3ncc(C4CCC(=O)NC4=O)cc3c2)C(OC)C1. The minimum Gasteiger partial charge on any atom is -0.382 e. The Hall–Kier alpha value is -2.35. The molecule has 2 aliphatic heterocycles. The number of piperidine rings is 2. The highest BCUT2D eigenvalue weighted by Crippen LogP contribution is 2.36. The molecule has 7 nitrogen and oxygen atoms in total. The number of pyridine rings is 1. The summed E-state index contributed by atoms with van der Waals surface area (Å²) in [6, 6.07) is 7.70. The van der Waals surface area contributed by atoms with Crippen molar-refractivity contribution in [1.82, 2.24) is 15.2 Å². The molecule has 2 saturated heterocycles. The number of aliphatic hydroxyl groups is 1. The molecule has 3 unspecified atom stereocenters. The van der Waals surface area contributed by atoms with Gasteiger partial charge in [-0.1, -0.05) is 13.0 Å². The first-order chi connectivity index (χ1) is 13.9. The molecule has 1 aromatic carbocycles. The minimum absolute atomic E-state index is 0.228. The molecule has 2 aromatic rings. The number of nitrogens with zero attached hydrogens (tertiary/aromatic N) is 2. The van der Waals surface area contributed by atoms with Gasteiger partial charge in [0.1, 0.15) is 11.7 Å². The quantitative estimate of drug-likeness (QED) is 0.763. The van der Waals surface area contributed by atoms with Gasteiger partial charge < -0.3 is 14.7 Å². The van der Waals surface area contributed by atoms with E-state index in [1.165, 1.54) is 0 Å². The number of methoxy groups -OCH3 is 1. The van der Waals surface area contributed by atoms with Crippen LogP contribution in [-0.2, 0) is 19.9 Å². The van der Waals surface area contributed by atoms with Crippen LogP contribution in [0.4, 0.5) is 0 Å². The second-order valence-corrected chi connectivity index (χ2v) is 7.97. The van der Waals surface area contributed by atoms with E-state index < -0.39 is 5.60 Å². The third-order valence-corrected chi connectivity index (χ3v) is 6.34. The highest BCUT2D eigenvalue weighted by Gasteiger charge is 2.43. The Morgan fingerprint density at radius 2 is 2.17 bits per heavy atom. The van der Waals surface area contributed by atoms with Crippen LogP contribution in [0.1, 0.15) is 43.2 Å². The van der Waals surface area contributed by atoms with Gasteiger partial charge >= 0.3 is 0 Å². The van der Waals surface area contributed by atoms with E-state index in [1.54, 1.807) is 13.3 Å². The van der Waals surface area contributed by atoms with Crippen LogP contribution in [0, 0.1) is 0 Å². The van der Waals surface area contributed by atoms with E-state index in [1.807, 2.05) is 24.3 Å². The number of amides is 2. The number of hydrogen-bond donors (Lipinski definition) is 2. The van der Waals surface area contributed by atoms with E-state index >= 15 is 0 Å². The van der Waals surface area contributed by atoms with Crippen LogP contribution in [0.3, 0.4) is 0 Å². The Bertz CT molecular complexity index is 947. The highest BCUT2D eigenvalue weighted by atomic mass is 16.5. The maximum absolute atomic E-state index is 12.2. The first-order valence-corrected chi connectivity index (χ1v) is 10.2. The molecule has 1 aromatic heterocycles. The number of carbonyl (C=O) groups is 2. The summed E-state index contributed by atoms with van der Waals surface area (Å²) >= 11 is 0. The van der Waals surface area contributed by atoms with Gasteiger partial charge in [0, 0.05) is 38.2 Å². The summed E-state index contributed by atoms with van der Waals surface area (Å²) in [7, 11) is 1.64. The number of imide groups is 1. The van der Waals surface area contributed by atoms with Gasteiger partial charge in [-0.3, -0.25) is 19.9 Å². The standard InChI is InChI=1S/C22H27N3O4/c1-3-25-9-8-22(28,19(13-25)29-2)16-4-6-18-14(11-16)10-15(12-23-18)17-5-7-20(26)24-21(17)27/h4,6,10-12,17,19,28H,3,5,7-9,13H2,1-2H3,(H,24,26,27). The van der Waals surface area contributed by atoms with E-state index in [4.69, 9.17) is 4.74 Å². The Kier molecular flexibility index (Phi) is 5.38. The lowest BCUT2D eigenvalue weighted by atomic mass is 9.81. The van der Waals surface area contributed by atoms with Gasteiger partial charge in [-0.2, -0.15) is 0 Å². The van der Waals surface area contributed by atoms with Gasteiger partial charge in [-0.05, 0) is 48.7 Å². The lowest BCUT2D eigenvalue weighted by molar-refractivity contribution is -0.138. The van der Waals surface area contributed by atoms with Crippen molar-refractivity contribution in [2.24, 2.45) is 0 Å². The second kappa shape index (κ2) is 7.82. The van der Waals surface area contributed by atoms with Crippen LogP contribution in [0.2, 0.25) is 0 Å². The Morgan fingerprint density at radius 3 is 2.90 bits per heavy atom. The van der Waals surface area contributed by atoms with Crippen LogP contribution >= 0.6 is 0 Å². The van der Waals surface area contributed by atoms with Crippen molar-refractivity contribution in [2.45, 2.75) is 43.8 Å². The molecule has 154 valence electrons. The van der Waals surface area contributed by atoms with Crippen molar-refractivity contribution < 1.29 is 19.4 Å². The summed E-state index contributed by atoms with van der Waals surface area (Å²) in [6.07, 6.45) is 2.79. The number of hydrogen-bond acceptors (Lipinski definition) is 6. The van der Waals surface area contributed by atoms with E-state index in [0.29, 0.717) is 25.8 Å². The van der Waals surface area contributed by atoms with Gasteiger partial charge in [0.15, 0.2) is 0 Å². The van der Waals surface area contributed by atoms with E-state index in [2.05, 4.69) is 22.1 Å². The average Bonchev–Trinajstić information content (AvgIpc) is 2.73. The fraction of sp³-hybridized carbons (Fsp3) is 0.500.